The standard InChI is InChI=1S/C20H28N6.HI/c1-2-21-19(25-13-9-20(16-25)7-3-4-8-20)23-15-17-6-11-22-18(14-17)26-12-5-10-24-26;/h5-6,10-12,14H,2-4,7-9,13,15-16H2,1H3,(H,21,23);1H. The van der Waals surface area contributed by atoms with E-state index >= 15 is 0 Å². The average molecular weight is 480 g/mol. The number of guanidine groups is 1. The summed E-state index contributed by atoms with van der Waals surface area (Å²) in [7, 11) is 0. The zero-order valence-corrected chi connectivity index (χ0v) is 18.3. The van der Waals surface area contributed by atoms with Crippen LogP contribution in [0.2, 0.25) is 0 Å². The highest BCUT2D eigenvalue weighted by Gasteiger charge is 2.41. The predicted octanol–water partition coefficient (Wildman–Crippen LogP) is 3.62. The number of rotatable bonds is 4. The molecule has 1 saturated carbocycles. The fourth-order valence-electron chi connectivity index (χ4n) is 4.33. The van der Waals surface area contributed by atoms with Crippen LogP contribution in [0.4, 0.5) is 0 Å². The highest BCUT2D eigenvalue weighted by Crippen LogP contribution is 2.45. The highest BCUT2D eigenvalue weighted by atomic mass is 127. The third-order valence-electron chi connectivity index (χ3n) is 5.70. The summed E-state index contributed by atoms with van der Waals surface area (Å²) >= 11 is 0. The Labute approximate surface area is 178 Å². The van der Waals surface area contributed by atoms with Crippen LogP contribution >= 0.6 is 24.0 Å². The average Bonchev–Trinajstić information content (AvgIpc) is 3.43. The van der Waals surface area contributed by atoms with Crippen molar-refractivity contribution in [2.24, 2.45) is 10.4 Å². The Morgan fingerprint density at radius 1 is 1.26 bits per heavy atom. The molecule has 7 heteroatoms. The van der Waals surface area contributed by atoms with Crippen LogP contribution in [0, 0.1) is 5.41 Å². The van der Waals surface area contributed by atoms with Crippen molar-refractivity contribution in [2.75, 3.05) is 19.6 Å². The molecule has 0 aromatic carbocycles. The number of nitrogens with one attached hydrogen (secondary N) is 1. The van der Waals surface area contributed by atoms with Crippen molar-refractivity contribution < 1.29 is 0 Å². The Bertz CT molecular complexity index is 752. The van der Waals surface area contributed by atoms with E-state index in [0.29, 0.717) is 12.0 Å². The Balaban J connectivity index is 0.00000210. The van der Waals surface area contributed by atoms with Crippen molar-refractivity contribution in [3.63, 3.8) is 0 Å². The van der Waals surface area contributed by atoms with Crippen LogP contribution < -0.4 is 5.32 Å². The molecule has 3 heterocycles. The van der Waals surface area contributed by atoms with Crippen LogP contribution in [0.3, 0.4) is 0 Å². The molecule has 2 aromatic rings. The van der Waals surface area contributed by atoms with Crippen molar-refractivity contribution in [1.82, 2.24) is 25.0 Å². The van der Waals surface area contributed by atoms with Gasteiger partial charge in [0.25, 0.3) is 0 Å². The van der Waals surface area contributed by atoms with Gasteiger partial charge < -0.3 is 10.2 Å². The summed E-state index contributed by atoms with van der Waals surface area (Å²) in [5.74, 6) is 1.88. The van der Waals surface area contributed by atoms with Crippen molar-refractivity contribution in [3.05, 3.63) is 42.4 Å². The van der Waals surface area contributed by atoms with Crippen LogP contribution in [0.5, 0.6) is 0 Å². The SMILES string of the molecule is CCNC(=NCc1ccnc(-n2cccn2)c1)N1CCC2(CCCC2)C1.I. The van der Waals surface area contributed by atoms with E-state index in [1.165, 1.54) is 32.1 Å². The summed E-state index contributed by atoms with van der Waals surface area (Å²) in [6.07, 6.45) is 12.4. The van der Waals surface area contributed by atoms with E-state index in [2.05, 4.69) is 33.3 Å². The molecule has 2 fully saturated rings. The number of aromatic nitrogens is 3. The predicted molar refractivity (Wildman–Crippen MR) is 119 cm³/mol. The van der Waals surface area contributed by atoms with Gasteiger partial charge in [-0.1, -0.05) is 12.8 Å². The van der Waals surface area contributed by atoms with Crippen molar-refractivity contribution in [3.8, 4) is 5.82 Å². The normalized spacial score (nSPS) is 18.7. The zero-order chi connectivity index (χ0) is 17.8. The van der Waals surface area contributed by atoms with Gasteiger partial charge in [-0.15, -0.1) is 24.0 Å². The Morgan fingerprint density at radius 3 is 2.85 bits per heavy atom. The summed E-state index contributed by atoms with van der Waals surface area (Å²) in [5, 5.41) is 7.74. The first kappa shape index (κ1) is 20.1. The molecule has 0 radical (unpaired) electrons. The van der Waals surface area contributed by atoms with Gasteiger partial charge in [-0.3, -0.25) is 0 Å². The maximum Gasteiger partial charge on any atom is 0.194 e. The Kier molecular flexibility index (Phi) is 6.73. The minimum atomic E-state index is 0. The Morgan fingerprint density at radius 2 is 2.11 bits per heavy atom. The second-order valence-corrected chi connectivity index (χ2v) is 7.52. The number of hydrogen-bond donors (Lipinski definition) is 1. The molecule has 1 saturated heterocycles. The quantitative estimate of drug-likeness (QED) is 0.413. The van der Waals surface area contributed by atoms with Crippen LogP contribution in [-0.4, -0.2) is 45.3 Å². The fourth-order valence-corrected chi connectivity index (χ4v) is 4.33. The van der Waals surface area contributed by atoms with Gasteiger partial charge in [-0.2, -0.15) is 5.10 Å². The van der Waals surface area contributed by atoms with Gasteiger partial charge >= 0.3 is 0 Å². The molecule has 1 N–H and O–H groups in total. The zero-order valence-electron chi connectivity index (χ0n) is 16.0. The van der Waals surface area contributed by atoms with E-state index in [1.54, 1.807) is 10.9 Å². The van der Waals surface area contributed by atoms with E-state index < -0.39 is 0 Å². The van der Waals surface area contributed by atoms with Gasteiger partial charge in [0.1, 0.15) is 0 Å². The number of hydrogen-bond acceptors (Lipinski definition) is 3. The lowest BCUT2D eigenvalue weighted by molar-refractivity contribution is 0.309. The summed E-state index contributed by atoms with van der Waals surface area (Å²) < 4.78 is 1.78. The van der Waals surface area contributed by atoms with Gasteiger partial charge in [0, 0.05) is 38.2 Å². The van der Waals surface area contributed by atoms with E-state index in [0.717, 1.165) is 37.0 Å². The molecule has 2 aromatic heterocycles. The lowest BCUT2D eigenvalue weighted by Gasteiger charge is -2.26. The minimum Gasteiger partial charge on any atom is -0.357 e. The molecule has 1 aliphatic heterocycles. The van der Waals surface area contributed by atoms with Gasteiger partial charge in [-0.05, 0) is 55.4 Å². The molecule has 0 bridgehead atoms. The fraction of sp³-hybridized carbons (Fsp3) is 0.550. The van der Waals surface area contributed by atoms with Crippen molar-refractivity contribution >= 4 is 29.9 Å². The van der Waals surface area contributed by atoms with Gasteiger partial charge in [0.2, 0.25) is 0 Å². The summed E-state index contributed by atoms with van der Waals surface area (Å²) in [6, 6.07) is 5.99. The number of likely N-dealkylation sites (tertiary alicyclic amines) is 1. The second kappa shape index (κ2) is 9.03. The molecule has 0 amide bonds. The van der Waals surface area contributed by atoms with E-state index in [-0.39, 0.29) is 24.0 Å². The largest absolute Gasteiger partial charge is 0.357 e. The summed E-state index contributed by atoms with van der Waals surface area (Å²) in [5.41, 5.74) is 1.70. The summed E-state index contributed by atoms with van der Waals surface area (Å²) in [6.45, 7) is 5.98. The van der Waals surface area contributed by atoms with Crippen molar-refractivity contribution in [1.29, 1.82) is 0 Å². The molecule has 4 rings (SSSR count). The summed E-state index contributed by atoms with van der Waals surface area (Å²) in [4.78, 5) is 11.8. The molecule has 146 valence electrons. The lowest BCUT2D eigenvalue weighted by atomic mass is 9.86. The first-order chi connectivity index (χ1) is 12.8. The maximum absolute atomic E-state index is 4.92. The number of aliphatic imine (C=N–C) groups is 1. The first-order valence-electron chi connectivity index (χ1n) is 9.76. The molecule has 1 spiro atoms. The minimum absolute atomic E-state index is 0. The smallest absolute Gasteiger partial charge is 0.194 e. The van der Waals surface area contributed by atoms with Crippen LogP contribution in [0.15, 0.2) is 41.8 Å². The third-order valence-corrected chi connectivity index (χ3v) is 5.70. The number of nitrogens with zero attached hydrogens (tertiary/aromatic N) is 5. The highest BCUT2D eigenvalue weighted by molar-refractivity contribution is 14.0. The molecule has 0 unspecified atom stereocenters. The molecule has 27 heavy (non-hydrogen) atoms. The number of halogens is 1. The molecule has 2 aliphatic rings. The van der Waals surface area contributed by atoms with E-state index in [4.69, 9.17) is 4.99 Å². The van der Waals surface area contributed by atoms with Crippen molar-refractivity contribution in [2.45, 2.75) is 45.6 Å². The third kappa shape index (κ3) is 4.62. The van der Waals surface area contributed by atoms with Gasteiger partial charge in [0.05, 0.1) is 6.54 Å². The molecule has 6 nitrogen and oxygen atoms in total. The first-order valence-corrected chi connectivity index (χ1v) is 9.76. The topological polar surface area (TPSA) is 58.3 Å². The molecular weight excluding hydrogens is 451 g/mol. The number of pyridine rings is 1. The van der Waals surface area contributed by atoms with Crippen LogP contribution in [-0.2, 0) is 6.54 Å². The van der Waals surface area contributed by atoms with Crippen LogP contribution in [0.1, 0.15) is 44.6 Å². The van der Waals surface area contributed by atoms with Gasteiger partial charge in [0.15, 0.2) is 11.8 Å². The monoisotopic (exact) mass is 480 g/mol. The van der Waals surface area contributed by atoms with Gasteiger partial charge in [-0.25, -0.2) is 14.7 Å². The molecular formula is C20H29IN6. The van der Waals surface area contributed by atoms with Crippen LogP contribution in [0.25, 0.3) is 5.82 Å². The molecule has 0 atom stereocenters. The second-order valence-electron chi connectivity index (χ2n) is 7.52. The van der Waals surface area contributed by atoms with E-state index in [9.17, 15) is 0 Å². The lowest BCUT2D eigenvalue weighted by Crippen LogP contribution is -2.41. The Hall–Kier alpha value is -1.64. The maximum atomic E-state index is 4.92. The van der Waals surface area contributed by atoms with E-state index in [1.807, 2.05) is 24.5 Å². The molecule has 1 aliphatic carbocycles.